The lowest BCUT2D eigenvalue weighted by Crippen LogP contribution is -2.29. The molecule has 0 aromatic heterocycles. The van der Waals surface area contributed by atoms with Crippen LogP contribution in [0.3, 0.4) is 0 Å². The summed E-state index contributed by atoms with van der Waals surface area (Å²) in [6.45, 7) is 1.17. The highest BCUT2D eigenvalue weighted by Crippen LogP contribution is 1.90. The molecule has 0 heterocycles. The summed E-state index contributed by atoms with van der Waals surface area (Å²) in [4.78, 5) is 20.3. The molecule has 0 saturated heterocycles. The van der Waals surface area contributed by atoms with E-state index in [9.17, 15) is 9.59 Å². The molecule has 0 amide bonds. The van der Waals surface area contributed by atoms with Crippen molar-refractivity contribution in [1.82, 2.24) is 0 Å². The Hall–Kier alpha value is -0.900. The van der Waals surface area contributed by atoms with Gasteiger partial charge < -0.3 is 9.84 Å². The molecule has 0 bridgehead atoms. The number of rotatable bonds is 3. The van der Waals surface area contributed by atoms with Gasteiger partial charge in [0, 0.05) is 7.11 Å². The third-order valence-corrected chi connectivity index (χ3v) is 0.829. The molecular formula is C5H8O4. The minimum Gasteiger partial charge on any atom is -0.479 e. The first-order valence-electron chi connectivity index (χ1n) is 2.35. The lowest BCUT2D eigenvalue weighted by molar-refractivity contribution is -0.153. The molecule has 0 aliphatic carbocycles. The molecule has 0 aromatic rings. The second-order valence-electron chi connectivity index (χ2n) is 1.56. The standard InChI is InChI=1S/C5H8O4/c1-3(6)4(9-2)5(7)8/h4H,1-2H3,(H,7,8). The molecule has 0 saturated carbocycles. The summed E-state index contributed by atoms with van der Waals surface area (Å²) in [5.74, 6) is -1.74. The fraction of sp³-hybridized carbons (Fsp3) is 0.600. The van der Waals surface area contributed by atoms with E-state index < -0.39 is 17.9 Å². The topological polar surface area (TPSA) is 63.6 Å². The van der Waals surface area contributed by atoms with Crippen LogP contribution in [0.25, 0.3) is 0 Å². The van der Waals surface area contributed by atoms with Crippen molar-refractivity contribution in [2.24, 2.45) is 0 Å². The number of carbonyl (C=O) groups is 2. The highest BCUT2D eigenvalue weighted by molar-refractivity contribution is 5.99. The summed E-state index contributed by atoms with van der Waals surface area (Å²) in [5, 5.41) is 8.20. The van der Waals surface area contributed by atoms with Gasteiger partial charge in [-0.05, 0) is 6.92 Å². The second-order valence-corrected chi connectivity index (χ2v) is 1.56. The molecule has 0 aliphatic heterocycles. The molecule has 1 atom stereocenters. The summed E-state index contributed by atoms with van der Waals surface area (Å²) >= 11 is 0. The van der Waals surface area contributed by atoms with Gasteiger partial charge in [-0.3, -0.25) is 4.79 Å². The Morgan fingerprint density at radius 2 is 2.00 bits per heavy atom. The van der Waals surface area contributed by atoms with E-state index in [-0.39, 0.29) is 0 Å². The molecule has 4 nitrogen and oxygen atoms in total. The Morgan fingerprint density at radius 3 is 2.00 bits per heavy atom. The van der Waals surface area contributed by atoms with E-state index in [4.69, 9.17) is 5.11 Å². The second kappa shape index (κ2) is 3.19. The maximum absolute atomic E-state index is 10.3. The molecule has 0 radical (unpaired) electrons. The average molecular weight is 132 g/mol. The van der Waals surface area contributed by atoms with Crippen LogP contribution in [0.5, 0.6) is 0 Å². The summed E-state index contributed by atoms with van der Waals surface area (Å²) in [7, 11) is 1.18. The summed E-state index contributed by atoms with van der Waals surface area (Å²) < 4.78 is 4.32. The molecule has 0 rings (SSSR count). The first-order valence-corrected chi connectivity index (χ1v) is 2.35. The zero-order valence-corrected chi connectivity index (χ0v) is 5.25. The Bertz CT molecular complexity index is 115. The molecule has 4 heteroatoms. The van der Waals surface area contributed by atoms with Crippen LogP contribution in [-0.2, 0) is 14.3 Å². The lowest BCUT2D eigenvalue weighted by Gasteiger charge is -2.03. The van der Waals surface area contributed by atoms with Gasteiger partial charge in [-0.15, -0.1) is 0 Å². The molecule has 0 fully saturated rings. The number of Topliss-reactive ketones (excluding diaryl/α,β-unsaturated/α-hetero) is 1. The fourth-order valence-corrected chi connectivity index (χ4v) is 0.441. The van der Waals surface area contributed by atoms with Gasteiger partial charge in [0.25, 0.3) is 0 Å². The SMILES string of the molecule is COC(C(C)=O)C(=O)O. The third kappa shape index (κ3) is 2.23. The van der Waals surface area contributed by atoms with E-state index in [1.54, 1.807) is 0 Å². The number of methoxy groups -OCH3 is 1. The van der Waals surface area contributed by atoms with Crippen molar-refractivity contribution < 1.29 is 19.4 Å². The molecule has 1 unspecified atom stereocenters. The van der Waals surface area contributed by atoms with E-state index in [0.29, 0.717) is 0 Å². The maximum Gasteiger partial charge on any atom is 0.340 e. The highest BCUT2D eigenvalue weighted by atomic mass is 16.5. The highest BCUT2D eigenvalue weighted by Gasteiger charge is 2.20. The quantitative estimate of drug-likeness (QED) is 0.534. The smallest absolute Gasteiger partial charge is 0.340 e. The third-order valence-electron chi connectivity index (χ3n) is 0.829. The van der Waals surface area contributed by atoms with Gasteiger partial charge in [0.15, 0.2) is 5.78 Å². The Balaban J connectivity index is 3.99. The van der Waals surface area contributed by atoms with Gasteiger partial charge >= 0.3 is 5.97 Å². The Morgan fingerprint density at radius 1 is 1.56 bits per heavy atom. The van der Waals surface area contributed by atoms with Crippen LogP contribution in [0.4, 0.5) is 0 Å². The van der Waals surface area contributed by atoms with Crippen LogP contribution in [0.2, 0.25) is 0 Å². The number of hydrogen-bond donors (Lipinski definition) is 1. The van der Waals surface area contributed by atoms with Gasteiger partial charge in [-0.25, -0.2) is 4.79 Å². The van der Waals surface area contributed by atoms with Gasteiger partial charge in [0.1, 0.15) is 0 Å². The predicted molar refractivity (Wildman–Crippen MR) is 29.1 cm³/mol. The van der Waals surface area contributed by atoms with Crippen molar-refractivity contribution in [2.75, 3.05) is 7.11 Å². The molecular weight excluding hydrogens is 124 g/mol. The van der Waals surface area contributed by atoms with Crippen LogP contribution in [0, 0.1) is 0 Å². The minimum absolute atomic E-state index is 0.495. The first kappa shape index (κ1) is 8.10. The van der Waals surface area contributed by atoms with E-state index in [0.717, 1.165) is 0 Å². The Kier molecular flexibility index (Phi) is 2.87. The van der Waals surface area contributed by atoms with Gasteiger partial charge in [-0.1, -0.05) is 0 Å². The van der Waals surface area contributed by atoms with Crippen LogP contribution in [0.15, 0.2) is 0 Å². The monoisotopic (exact) mass is 132 g/mol. The number of carboxylic acid groups (broad SMARTS) is 1. The van der Waals surface area contributed by atoms with E-state index in [1.807, 2.05) is 0 Å². The molecule has 0 aromatic carbocycles. The van der Waals surface area contributed by atoms with E-state index in [1.165, 1.54) is 14.0 Å². The van der Waals surface area contributed by atoms with Crippen molar-refractivity contribution in [2.45, 2.75) is 13.0 Å². The maximum atomic E-state index is 10.3. The largest absolute Gasteiger partial charge is 0.479 e. The lowest BCUT2D eigenvalue weighted by atomic mass is 10.2. The molecule has 0 aliphatic rings. The molecule has 1 N–H and O–H groups in total. The van der Waals surface area contributed by atoms with Crippen LogP contribution in [-0.4, -0.2) is 30.1 Å². The summed E-state index contributed by atoms with van der Waals surface area (Å²) in [6.07, 6.45) is -1.30. The fourth-order valence-electron chi connectivity index (χ4n) is 0.441. The molecule has 9 heavy (non-hydrogen) atoms. The summed E-state index contributed by atoms with van der Waals surface area (Å²) in [5.41, 5.74) is 0. The zero-order chi connectivity index (χ0) is 7.44. The number of aliphatic carboxylic acids is 1. The van der Waals surface area contributed by atoms with E-state index in [2.05, 4.69) is 4.74 Å². The number of carbonyl (C=O) groups excluding carboxylic acids is 1. The van der Waals surface area contributed by atoms with E-state index >= 15 is 0 Å². The number of hydrogen-bond acceptors (Lipinski definition) is 3. The van der Waals surface area contributed by atoms with Crippen LogP contribution >= 0.6 is 0 Å². The van der Waals surface area contributed by atoms with Crippen molar-refractivity contribution >= 4 is 11.8 Å². The minimum atomic E-state index is -1.30. The average Bonchev–Trinajstić information content (AvgIpc) is 1.64. The van der Waals surface area contributed by atoms with Crippen molar-refractivity contribution in [1.29, 1.82) is 0 Å². The predicted octanol–water partition coefficient (Wildman–Crippen LogP) is -0.325. The number of ether oxygens (including phenoxy) is 1. The zero-order valence-electron chi connectivity index (χ0n) is 5.25. The van der Waals surface area contributed by atoms with Crippen LogP contribution < -0.4 is 0 Å². The number of carboxylic acids is 1. The van der Waals surface area contributed by atoms with Crippen LogP contribution in [0.1, 0.15) is 6.92 Å². The van der Waals surface area contributed by atoms with Crippen molar-refractivity contribution in [3.8, 4) is 0 Å². The molecule has 52 valence electrons. The van der Waals surface area contributed by atoms with Gasteiger partial charge in [0.05, 0.1) is 0 Å². The van der Waals surface area contributed by atoms with Crippen molar-refractivity contribution in [3.05, 3.63) is 0 Å². The van der Waals surface area contributed by atoms with Gasteiger partial charge in [0.2, 0.25) is 6.10 Å². The first-order chi connectivity index (χ1) is 4.09. The normalized spacial score (nSPS) is 12.7. The van der Waals surface area contributed by atoms with Crippen molar-refractivity contribution in [3.63, 3.8) is 0 Å². The summed E-state index contributed by atoms with van der Waals surface area (Å²) in [6, 6.07) is 0. The van der Waals surface area contributed by atoms with Gasteiger partial charge in [-0.2, -0.15) is 0 Å². The molecule has 0 spiro atoms. The Labute approximate surface area is 52.4 Å². The number of ketones is 1.